The van der Waals surface area contributed by atoms with Crippen molar-refractivity contribution in [1.82, 2.24) is 4.98 Å². The number of halogens is 2. The second kappa shape index (κ2) is 10.8. The fraction of sp³-hybridized carbons (Fsp3) is 0.0741. The van der Waals surface area contributed by atoms with E-state index in [1.807, 2.05) is 18.2 Å². The van der Waals surface area contributed by atoms with E-state index >= 15 is 0 Å². The van der Waals surface area contributed by atoms with Crippen LogP contribution in [0.15, 0.2) is 107 Å². The summed E-state index contributed by atoms with van der Waals surface area (Å²) in [6.45, 7) is 0.703. The highest BCUT2D eigenvalue weighted by molar-refractivity contribution is 7.99. The van der Waals surface area contributed by atoms with Crippen LogP contribution in [0.3, 0.4) is 0 Å². The van der Waals surface area contributed by atoms with Crippen molar-refractivity contribution in [2.24, 2.45) is 0 Å². The van der Waals surface area contributed by atoms with Gasteiger partial charge in [0.2, 0.25) is 0 Å². The number of anilines is 3. The molecule has 0 aliphatic heterocycles. The van der Waals surface area contributed by atoms with Gasteiger partial charge in [-0.15, -0.1) is 24.0 Å². The van der Waals surface area contributed by atoms with Crippen molar-refractivity contribution in [3.8, 4) is 0 Å². The molecule has 5 aromatic rings. The molecule has 0 saturated heterocycles. The summed E-state index contributed by atoms with van der Waals surface area (Å²) >= 11 is 7.71. The minimum atomic E-state index is 0. The quantitative estimate of drug-likeness (QED) is 0.177. The van der Waals surface area contributed by atoms with Gasteiger partial charge in [-0.05, 0) is 42.5 Å². The van der Waals surface area contributed by atoms with Gasteiger partial charge in [0.1, 0.15) is 0 Å². The Kier molecular flexibility index (Phi) is 7.61. The molecule has 6 heteroatoms. The SMILES string of the molecule is Cl.ClCCNc1cc(Nc2c3ccccc3nc3ccccc23)ccc1Sc1ccccc1. The van der Waals surface area contributed by atoms with Crippen molar-refractivity contribution < 1.29 is 0 Å². The van der Waals surface area contributed by atoms with Gasteiger partial charge in [-0.2, -0.15) is 0 Å². The lowest BCUT2D eigenvalue weighted by atomic mass is 10.1. The van der Waals surface area contributed by atoms with Crippen molar-refractivity contribution in [1.29, 1.82) is 0 Å². The fourth-order valence-electron chi connectivity index (χ4n) is 3.75. The van der Waals surface area contributed by atoms with Gasteiger partial charge in [0.15, 0.2) is 0 Å². The molecular weight excluding hydrogens is 469 g/mol. The molecule has 1 heterocycles. The second-order valence-electron chi connectivity index (χ2n) is 7.39. The van der Waals surface area contributed by atoms with Crippen molar-refractivity contribution in [3.63, 3.8) is 0 Å². The van der Waals surface area contributed by atoms with E-state index in [9.17, 15) is 0 Å². The Balaban J connectivity index is 0.00000259. The number of rotatable bonds is 7. The summed E-state index contributed by atoms with van der Waals surface area (Å²) in [4.78, 5) is 7.19. The zero-order chi connectivity index (χ0) is 21.8. The van der Waals surface area contributed by atoms with Gasteiger partial charge in [0.05, 0.1) is 22.4 Å². The second-order valence-corrected chi connectivity index (χ2v) is 8.88. The molecule has 0 unspecified atom stereocenters. The number of pyridine rings is 1. The van der Waals surface area contributed by atoms with Crippen LogP contribution in [0.4, 0.5) is 17.1 Å². The number of aromatic nitrogens is 1. The normalized spacial score (nSPS) is 10.7. The van der Waals surface area contributed by atoms with Gasteiger partial charge in [-0.1, -0.05) is 66.4 Å². The van der Waals surface area contributed by atoms with E-state index < -0.39 is 0 Å². The van der Waals surface area contributed by atoms with Crippen LogP contribution in [0.2, 0.25) is 0 Å². The van der Waals surface area contributed by atoms with Crippen LogP contribution in [0.1, 0.15) is 0 Å². The van der Waals surface area contributed by atoms with E-state index in [1.165, 1.54) is 4.90 Å². The van der Waals surface area contributed by atoms with Crippen LogP contribution in [0.5, 0.6) is 0 Å². The summed E-state index contributed by atoms with van der Waals surface area (Å²) in [6.07, 6.45) is 0. The Morgan fingerprint density at radius 1 is 0.758 bits per heavy atom. The monoisotopic (exact) mass is 491 g/mol. The Morgan fingerprint density at radius 2 is 1.39 bits per heavy atom. The zero-order valence-electron chi connectivity index (χ0n) is 17.8. The van der Waals surface area contributed by atoms with E-state index in [-0.39, 0.29) is 12.4 Å². The first-order valence-corrected chi connectivity index (χ1v) is 11.9. The topological polar surface area (TPSA) is 37.0 Å². The van der Waals surface area contributed by atoms with E-state index in [0.717, 1.165) is 43.8 Å². The highest BCUT2D eigenvalue weighted by Gasteiger charge is 2.11. The standard InChI is InChI=1S/C27H22ClN3S.ClH/c28-16-17-29-25-18-19(14-15-26(25)32-20-8-2-1-3-9-20)30-27-21-10-4-6-12-23(21)31-24-13-7-5-11-22(24)27;/h1-15,18,29H,16-17H2,(H,30,31);1H. The lowest BCUT2D eigenvalue weighted by Gasteiger charge is -2.16. The van der Waals surface area contributed by atoms with E-state index in [4.69, 9.17) is 16.6 Å². The van der Waals surface area contributed by atoms with Crippen molar-refractivity contribution in [2.75, 3.05) is 23.1 Å². The van der Waals surface area contributed by atoms with Gasteiger partial charge in [0.25, 0.3) is 0 Å². The van der Waals surface area contributed by atoms with Crippen LogP contribution in [-0.2, 0) is 0 Å². The van der Waals surface area contributed by atoms with E-state index in [2.05, 4.69) is 89.5 Å². The number of nitrogens with one attached hydrogen (secondary N) is 2. The van der Waals surface area contributed by atoms with E-state index in [0.29, 0.717) is 12.4 Å². The molecule has 33 heavy (non-hydrogen) atoms. The number of fused-ring (bicyclic) bond motifs is 2. The molecule has 0 saturated carbocycles. The molecule has 4 aromatic carbocycles. The summed E-state index contributed by atoms with van der Waals surface area (Å²) in [6, 6.07) is 33.3. The Labute approximate surface area is 209 Å². The smallest absolute Gasteiger partial charge is 0.0730 e. The summed E-state index contributed by atoms with van der Waals surface area (Å²) < 4.78 is 0. The predicted octanol–water partition coefficient (Wildman–Crippen LogP) is 8.36. The molecular formula is C27H23Cl2N3S. The number of alkyl halides is 1. The first-order valence-electron chi connectivity index (χ1n) is 10.5. The number of hydrogen-bond donors (Lipinski definition) is 2. The van der Waals surface area contributed by atoms with Gasteiger partial charge < -0.3 is 10.6 Å². The summed E-state index contributed by atoms with van der Waals surface area (Å²) in [5.74, 6) is 0.548. The molecule has 5 rings (SSSR count). The van der Waals surface area contributed by atoms with Crippen LogP contribution >= 0.6 is 35.8 Å². The lowest BCUT2D eigenvalue weighted by molar-refractivity contribution is 1.19. The third-order valence-corrected chi connectivity index (χ3v) is 6.49. The summed E-state index contributed by atoms with van der Waals surface area (Å²) in [7, 11) is 0. The molecule has 2 N–H and O–H groups in total. The van der Waals surface area contributed by atoms with E-state index in [1.54, 1.807) is 11.8 Å². The average Bonchev–Trinajstić information content (AvgIpc) is 2.84. The van der Waals surface area contributed by atoms with Gasteiger partial charge in [0, 0.05) is 38.7 Å². The zero-order valence-corrected chi connectivity index (χ0v) is 20.2. The van der Waals surface area contributed by atoms with Crippen LogP contribution in [0, 0.1) is 0 Å². The summed E-state index contributed by atoms with van der Waals surface area (Å²) in [5, 5.41) is 9.36. The molecule has 0 fully saturated rings. The van der Waals surface area contributed by atoms with Gasteiger partial charge >= 0.3 is 0 Å². The highest BCUT2D eigenvalue weighted by Crippen LogP contribution is 2.38. The van der Waals surface area contributed by atoms with Crippen LogP contribution in [0.25, 0.3) is 21.8 Å². The molecule has 0 aliphatic carbocycles. The minimum absolute atomic E-state index is 0. The Morgan fingerprint density at radius 3 is 2.06 bits per heavy atom. The van der Waals surface area contributed by atoms with Crippen molar-refractivity contribution >= 4 is 74.6 Å². The van der Waals surface area contributed by atoms with Gasteiger partial charge in [-0.25, -0.2) is 4.98 Å². The maximum atomic E-state index is 5.97. The highest BCUT2D eigenvalue weighted by atomic mass is 35.5. The van der Waals surface area contributed by atoms with Crippen LogP contribution < -0.4 is 10.6 Å². The third-order valence-electron chi connectivity index (χ3n) is 5.22. The summed E-state index contributed by atoms with van der Waals surface area (Å²) in [5.41, 5.74) is 5.10. The third kappa shape index (κ3) is 5.19. The number of hydrogen-bond acceptors (Lipinski definition) is 4. The van der Waals surface area contributed by atoms with Crippen LogP contribution in [-0.4, -0.2) is 17.4 Å². The fourth-order valence-corrected chi connectivity index (χ4v) is 4.77. The lowest BCUT2D eigenvalue weighted by Crippen LogP contribution is -2.04. The number of nitrogens with zero attached hydrogens (tertiary/aromatic N) is 1. The maximum Gasteiger partial charge on any atom is 0.0730 e. The predicted molar refractivity (Wildman–Crippen MR) is 146 cm³/mol. The molecule has 0 amide bonds. The minimum Gasteiger partial charge on any atom is -0.383 e. The molecule has 0 aliphatic rings. The average molecular weight is 492 g/mol. The van der Waals surface area contributed by atoms with Gasteiger partial charge in [-0.3, -0.25) is 0 Å². The Bertz CT molecular complexity index is 1320. The molecule has 0 radical (unpaired) electrons. The first kappa shape index (κ1) is 23.2. The molecule has 0 atom stereocenters. The number of benzene rings is 4. The van der Waals surface area contributed by atoms with Crippen molar-refractivity contribution in [2.45, 2.75) is 9.79 Å². The molecule has 3 nitrogen and oxygen atoms in total. The molecule has 1 aromatic heterocycles. The first-order chi connectivity index (χ1) is 15.8. The molecule has 166 valence electrons. The molecule has 0 spiro atoms. The Hall–Kier alpha value is -2.92. The molecule has 0 bridgehead atoms. The van der Waals surface area contributed by atoms with Crippen molar-refractivity contribution in [3.05, 3.63) is 97.1 Å². The largest absolute Gasteiger partial charge is 0.383 e. The number of para-hydroxylation sites is 2. The maximum absolute atomic E-state index is 5.97.